The molecule has 6 heteroatoms. The molecule has 2 aromatic rings. The second-order valence-electron chi connectivity index (χ2n) is 5.04. The van der Waals surface area contributed by atoms with Crippen LogP contribution in [0.25, 0.3) is 11.1 Å². The summed E-state index contributed by atoms with van der Waals surface area (Å²) in [6, 6.07) is 5.23. The number of H-pyrrole nitrogens is 1. The number of hydrogen-bond acceptors (Lipinski definition) is 4. The maximum absolute atomic E-state index is 12.2. The zero-order chi connectivity index (χ0) is 13.5. The number of aromatic nitrogens is 1. The number of amides is 1. The number of fused-ring (bicyclic) bond motifs is 1. The lowest BCUT2D eigenvalue weighted by Gasteiger charge is -2.23. The van der Waals surface area contributed by atoms with E-state index in [4.69, 9.17) is 21.4 Å². The highest BCUT2D eigenvalue weighted by molar-refractivity contribution is 7.71. The van der Waals surface area contributed by atoms with Crippen LogP contribution in [0.3, 0.4) is 0 Å². The van der Waals surface area contributed by atoms with Crippen LogP contribution in [0, 0.1) is 4.84 Å². The van der Waals surface area contributed by atoms with Gasteiger partial charge in [-0.15, -0.1) is 0 Å². The summed E-state index contributed by atoms with van der Waals surface area (Å²) in [6.07, 6.45) is 0.825. The van der Waals surface area contributed by atoms with Gasteiger partial charge in [-0.3, -0.25) is 4.79 Å². The normalized spacial score (nSPS) is 22.8. The fourth-order valence-corrected chi connectivity index (χ4v) is 2.40. The standard InChI is InChI=1S/C13H14N2O3S/c1-13(4-5-17-7-13)15-11(16)8-2-3-9-10(6-8)18-12(19)14-9/h2-3,6H,4-5,7H2,1H3,(H,14,19)(H,15,16)/t13-/m0/s1. The summed E-state index contributed by atoms with van der Waals surface area (Å²) >= 11 is 4.92. The Balaban J connectivity index is 1.86. The van der Waals surface area contributed by atoms with Crippen molar-refractivity contribution in [3.8, 4) is 0 Å². The van der Waals surface area contributed by atoms with Crippen molar-refractivity contribution in [2.45, 2.75) is 18.9 Å². The number of oxazole rings is 1. The molecular weight excluding hydrogens is 264 g/mol. The van der Waals surface area contributed by atoms with Gasteiger partial charge in [0.2, 0.25) is 0 Å². The highest BCUT2D eigenvalue weighted by Crippen LogP contribution is 2.20. The minimum absolute atomic E-state index is 0.128. The Morgan fingerprint density at radius 3 is 3.11 bits per heavy atom. The molecule has 0 spiro atoms. The van der Waals surface area contributed by atoms with E-state index in [-0.39, 0.29) is 11.4 Å². The molecule has 1 amide bonds. The van der Waals surface area contributed by atoms with Gasteiger partial charge in [0.1, 0.15) is 0 Å². The lowest BCUT2D eigenvalue weighted by atomic mass is 10.0. The zero-order valence-electron chi connectivity index (χ0n) is 10.5. The third kappa shape index (κ3) is 2.41. The quantitative estimate of drug-likeness (QED) is 0.828. The summed E-state index contributed by atoms with van der Waals surface area (Å²) in [7, 11) is 0. The van der Waals surface area contributed by atoms with Crippen molar-refractivity contribution in [2.75, 3.05) is 13.2 Å². The van der Waals surface area contributed by atoms with Gasteiger partial charge in [-0.2, -0.15) is 0 Å². The molecule has 100 valence electrons. The molecule has 1 atom stereocenters. The number of aromatic amines is 1. The van der Waals surface area contributed by atoms with Crippen molar-refractivity contribution in [3.63, 3.8) is 0 Å². The maximum atomic E-state index is 12.2. The largest absolute Gasteiger partial charge is 0.429 e. The van der Waals surface area contributed by atoms with Gasteiger partial charge in [-0.05, 0) is 43.8 Å². The van der Waals surface area contributed by atoms with E-state index >= 15 is 0 Å². The molecule has 1 aliphatic rings. The molecule has 1 fully saturated rings. The Morgan fingerprint density at radius 2 is 2.37 bits per heavy atom. The third-order valence-electron chi connectivity index (χ3n) is 3.32. The van der Waals surface area contributed by atoms with Crippen molar-refractivity contribution in [2.24, 2.45) is 0 Å². The molecule has 5 nitrogen and oxygen atoms in total. The molecular formula is C13H14N2O3S. The summed E-state index contributed by atoms with van der Waals surface area (Å²) in [6.45, 7) is 3.21. The van der Waals surface area contributed by atoms with Crippen molar-refractivity contribution < 1.29 is 13.9 Å². The molecule has 0 saturated carbocycles. The first-order chi connectivity index (χ1) is 9.06. The Kier molecular flexibility index (Phi) is 2.91. The van der Waals surface area contributed by atoms with Crippen LogP contribution >= 0.6 is 12.2 Å². The van der Waals surface area contributed by atoms with Gasteiger partial charge in [-0.1, -0.05) is 0 Å². The van der Waals surface area contributed by atoms with E-state index in [0.29, 0.717) is 29.2 Å². The molecule has 1 aromatic heterocycles. The van der Waals surface area contributed by atoms with Crippen LogP contribution < -0.4 is 5.32 Å². The van der Waals surface area contributed by atoms with Gasteiger partial charge in [-0.25, -0.2) is 0 Å². The van der Waals surface area contributed by atoms with Crippen LogP contribution in [0.1, 0.15) is 23.7 Å². The first kappa shape index (κ1) is 12.4. The SMILES string of the molecule is C[C@]1(NC(=O)c2ccc3[nH]c(=S)oc3c2)CCOC1. The first-order valence-electron chi connectivity index (χ1n) is 6.09. The second kappa shape index (κ2) is 4.47. The smallest absolute Gasteiger partial charge is 0.266 e. The fraction of sp³-hybridized carbons (Fsp3) is 0.385. The van der Waals surface area contributed by atoms with E-state index in [2.05, 4.69) is 10.3 Å². The topological polar surface area (TPSA) is 67.3 Å². The Labute approximate surface area is 114 Å². The average Bonchev–Trinajstić information content (AvgIpc) is 2.93. The zero-order valence-corrected chi connectivity index (χ0v) is 11.3. The number of benzene rings is 1. The van der Waals surface area contributed by atoms with Crippen molar-refractivity contribution in [1.29, 1.82) is 0 Å². The van der Waals surface area contributed by atoms with Crippen LogP contribution in [0.2, 0.25) is 0 Å². The van der Waals surface area contributed by atoms with Crippen LogP contribution in [0.4, 0.5) is 0 Å². The lowest BCUT2D eigenvalue weighted by Crippen LogP contribution is -2.46. The summed E-state index contributed by atoms with van der Waals surface area (Å²) in [4.78, 5) is 15.4. The van der Waals surface area contributed by atoms with Gasteiger partial charge < -0.3 is 19.5 Å². The van der Waals surface area contributed by atoms with E-state index in [9.17, 15) is 4.79 Å². The Bertz CT molecular complexity index is 682. The minimum Gasteiger partial charge on any atom is -0.429 e. The molecule has 2 N–H and O–H groups in total. The summed E-state index contributed by atoms with van der Waals surface area (Å²) in [5, 5.41) is 3.00. The summed E-state index contributed by atoms with van der Waals surface area (Å²) in [5.74, 6) is -0.128. The molecule has 0 unspecified atom stereocenters. The van der Waals surface area contributed by atoms with E-state index in [1.165, 1.54) is 0 Å². The van der Waals surface area contributed by atoms with Crippen molar-refractivity contribution in [1.82, 2.24) is 10.3 Å². The predicted molar refractivity (Wildman–Crippen MR) is 72.7 cm³/mol. The van der Waals surface area contributed by atoms with Crippen molar-refractivity contribution >= 4 is 29.2 Å². The molecule has 1 aliphatic heterocycles. The molecule has 0 radical (unpaired) electrons. The number of ether oxygens (including phenoxy) is 1. The van der Waals surface area contributed by atoms with Crippen LogP contribution in [-0.2, 0) is 4.74 Å². The molecule has 1 saturated heterocycles. The molecule has 0 bridgehead atoms. The number of carbonyl (C=O) groups excluding carboxylic acids is 1. The number of rotatable bonds is 2. The number of hydrogen-bond donors (Lipinski definition) is 2. The van der Waals surface area contributed by atoms with Crippen LogP contribution in [-0.4, -0.2) is 29.6 Å². The number of carbonyl (C=O) groups is 1. The average molecular weight is 278 g/mol. The van der Waals surface area contributed by atoms with Gasteiger partial charge in [0.25, 0.3) is 10.7 Å². The van der Waals surface area contributed by atoms with E-state index in [0.717, 1.165) is 11.9 Å². The van der Waals surface area contributed by atoms with Gasteiger partial charge in [0, 0.05) is 12.2 Å². The van der Waals surface area contributed by atoms with Crippen molar-refractivity contribution in [3.05, 3.63) is 28.6 Å². The monoisotopic (exact) mass is 278 g/mol. The lowest BCUT2D eigenvalue weighted by molar-refractivity contribution is 0.0890. The Morgan fingerprint density at radius 1 is 1.53 bits per heavy atom. The summed E-state index contributed by atoms with van der Waals surface area (Å²) < 4.78 is 10.6. The first-order valence-corrected chi connectivity index (χ1v) is 6.50. The molecule has 1 aromatic carbocycles. The molecule has 19 heavy (non-hydrogen) atoms. The van der Waals surface area contributed by atoms with E-state index in [1.54, 1.807) is 18.2 Å². The number of nitrogens with one attached hydrogen (secondary N) is 2. The van der Waals surface area contributed by atoms with Gasteiger partial charge in [0.05, 0.1) is 17.7 Å². The highest BCUT2D eigenvalue weighted by atomic mass is 32.1. The molecule has 0 aliphatic carbocycles. The van der Waals surface area contributed by atoms with Gasteiger partial charge in [0.15, 0.2) is 5.58 Å². The van der Waals surface area contributed by atoms with Crippen LogP contribution in [0.15, 0.2) is 22.6 Å². The molecule has 3 rings (SSSR count). The van der Waals surface area contributed by atoms with E-state index in [1.807, 2.05) is 6.92 Å². The van der Waals surface area contributed by atoms with Gasteiger partial charge >= 0.3 is 0 Å². The fourth-order valence-electron chi connectivity index (χ4n) is 2.20. The summed E-state index contributed by atoms with van der Waals surface area (Å²) in [5.41, 5.74) is 1.64. The second-order valence-corrected chi connectivity index (χ2v) is 5.41. The predicted octanol–water partition coefficient (Wildman–Crippen LogP) is 2.40. The van der Waals surface area contributed by atoms with E-state index < -0.39 is 0 Å². The Hall–Kier alpha value is -1.66. The van der Waals surface area contributed by atoms with Crippen LogP contribution in [0.5, 0.6) is 0 Å². The highest BCUT2D eigenvalue weighted by Gasteiger charge is 2.31. The third-order valence-corrected chi connectivity index (χ3v) is 3.50. The molecule has 2 heterocycles. The maximum Gasteiger partial charge on any atom is 0.266 e. The minimum atomic E-state index is -0.287.